The lowest BCUT2D eigenvalue weighted by atomic mass is 9.98. The van der Waals surface area contributed by atoms with Gasteiger partial charge in [-0.15, -0.1) is 0 Å². The highest BCUT2D eigenvalue weighted by molar-refractivity contribution is 5.82. The number of nitrogens with one attached hydrogen (secondary N) is 1. The molecular formula is C11H14FN3O2. The molecule has 1 saturated carbocycles. The number of aryl methyl sites for hydroxylation is 1. The van der Waals surface area contributed by atoms with E-state index < -0.39 is 17.3 Å². The van der Waals surface area contributed by atoms with Crippen LogP contribution in [0.3, 0.4) is 0 Å². The van der Waals surface area contributed by atoms with E-state index in [2.05, 4.69) is 15.3 Å². The second-order valence-corrected chi connectivity index (χ2v) is 4.34. The van der Waals surface area contributed by atoms with Crippen molar-refractivity contribution in [1.29, 1.82) is 0 Å². The highest BCUT2D eigenvalue weighted by atomic mass is 19.1. The summed E-state index contributed by atoms with van der Waals surface area (Å²) in [5.41, 5.74) is -0.872. The number of aromatic nitrogens is 2. The number of aliphatic carboxylic acids is 1. The van der Waals surface area contributed by atoms with E-state index in [1.54, 1.807) is 0 Å². The van der Waals surface area contributed by atoms with Gasteiger partial charge in [-0.25, -0.2) is 19.2 Å². The molecule has 1 aromatic rings. The second kappa shape index (κ2) is 4.27. The SMILES string of the molecule is Cc1ncnc(NC2(C(=O)O)CCCC2)c1F. The van der Waals surface area contributed by atoms with Crippen LogP contribution >= 0.6 is 0 Å². The molecule has 0 atom stereocenters. The molecule has 17 heavy (non-hydrogen) atoms. The average molecular weight is 239 g/mol. The van der Waals surface area contributed by atoms with Crippen LogP contribution in [0.1, 0.15) is 31.4 Å². The van der Waals surface area contributed by atoms with E-state index in [1.165, 1.54) is 13.3 Å². The Morgan fingerprint density at radius 1 is 1.47 bits per heavy atom. The second-order valence-electron chi connectivity index (χ2n) is 4.34. The summed E-state index contributed by atoms with van der Waals surface area (Å²) >= 11 is 0. The van der Waals surface area contributed by atoms with E-state index in [-0.39, 0.29) is 11.5 Å². The maximum atomic E-state index is 13.7. The van der Waals surface area contributed by atoms with E-state index in [0.717, 1.165) is 12.8 Å². The van der Waals surface area contributed by atoms with Gasteiger partial charge < -0.3 is 10.4 Å². The molecule has 6 heteroatoms. The number of rotatable bonds is 3. The number of hydrogen-bond donors (Lipinski definition) is 2. The summed E-state index contributed by atoms with van der Waals surface area (Å²) in [6.45, 7) is 1.52. The third kappa shape index (κ3) is 2.07. The number of hydrogen-bond acceptors (Lipinski definition) is 4. The topological polar surface area (TPSA) is 75.1 Å². The fraction of sp³-hybridized carbons (Fsp3) is 0.545. The number of carbonyl (C=O) groups is 1. The van der Waals surface area contributed by atoms with Crippen molar-refractivity contribution < 1.29 is 14.3 Å². The quantitative estimate of drug-likeness (QED) is 0.840. The van der Waals surface area contributed by atoms with Crippen LogP contribution in [0.5, 0.6) is 0 Å². The first-order chi connectivity index (χ1) is 8.05. The normalized spacial score (nSPS) is 18.0. The Hall–Kier alpha value is -1.72. The van der Waals surface area contributed by atoms with Gasteiger partial charge >= 0.3 is 5.97 Å². The maximum Gasteiger partial charge on any atom is 0.329 e. The molecule has 1 aromatic heterocycles. The zero-order chi connectivity index (χ0) is 12.5. The fourth-order valence-electron chi connectivity index (χ4n) is 2.14. The van der Waals surface area contributed by atoms with Gasteiger partial charge in [-0.3, -0.25) is 0 Å². The fourth-order valence-corrected chi connectivity index (χ4v) is 2.14. The van der Waals surface area contributed by atoms with Gasteiger partial charge in [0.2, 0.25) is 0 Å². The first-order valence-corrected chi connectivity index (χ1v) is 5.54. The molecule has 1 fully saturated rings. The summed E-state index contributed by atoms with van der Waals surface area (Å²) in [5, 5.41) is 12.0. The Morgan fingerprint density at radius 2 is 2.12 bits per heavy atom. The van der Waals surface area contributed by atoms with Crippen molar-refractivity contribution in [3.8, 4) is 0 Å². The monoisotopic (exact) mass is 239 g/mol. The molecule has 2 N–H and O–H groups in total. The zero-order valence-electron chi connectivity index (χ0n) is 9.53. The molecule has 92 valence electrons. The molecular weight excluding hydrogens is 225 g/mol. The van der Waals surface area contributed by atoms with Gasteiger partial charge in [-0.2, -0.15) is 0 Å². The maximum absolute atomic E-state index is 13.7. The molecule has 0 saturated heterocycles. The minimum Gasteiger partial charge on any atom is -0.480 e. The van der Waals surface area contributed by atoms with Crippen LogP contribution in [0.2, 0.25) is 0 Å². The molecule has 0 aromatic carbocycles. The van der Waals surface area contributed by atoms with Gasteiger partial charge in [0, 0.05) is 0 Å². The van der Waals surface area contributed by atoms with Crippen LogP contribution < -0.4 is 5.32 Å². The molecule has 1 heterocycles. The molecule has 1 aliphatic carbocycles. The van der Waals surface area contributed by atoms with Gasteiger partial charge in [0.15, 0.2) is 11.6 Å². The first-order valence-electron chi connectivity index (χ1n) is 5.54. The predicted octanol–water partition coefficient (Wildman–Crippen LogP) is 1.73. The van der Waals surface area contributed by atoms with Crippen molar-refractivity contribution >= 4 is 11.8 Å². The summed E-state index contributed by atoms with van der Waals surface area (Å²) in [4.78, 5) is 18.8. The highest BCUT2D eigenvalue weighted by Crippen LogP contribution is 2.33. The summed E-state index contributed by atoms with van der Waals surface area (Å²) in [5.74, 6) is -1.56. The molecule has 1 aliphatic rings. The van der Waals surface area contributed by atoms with Crippen molar-refractivity contribution in [2.24, 2.45) is 0 Å². The molecule has 0 unspecified atom stereocenters. The van der Waals surface area contributed by atoms with Crippen LogP contribution in [0.25, 0.3) is 0 Å². The summed E-state index contributed by atoms with van der Waals surface area (Å²) < 4.78 is 13.7. The molecule has 0 radical (unpaired) electrons. The third-order valence-corrected chi connectivity index (χ3v) is 3.19. The van der Waals surface area contributed by atoms with Crippen LogP contribution in [-0.2, 0) is 4.79 Å². The summed E-state index contributed by atoms with van der Waals surface area (Å²) in [6.07, 6.45) is 3.86. The smallest absolute Gasteiger partial charge is 0.329 e. The van der Waals surface area contributed by atoms with E-state index in [9.17, 15) is 14.3 Å². The third-order valence-electron chi connectivity index (χ3n) is 3.19. The van der Waals surface area contributed by atoms with E-state index in [0.29, 0.717) is 12.8 Å². The number of anilines is 1. The number of halogens is 1. The molecule has 2 rings (SSSR count). The minimum atomic E-state index is -1.08. The van der Waals surface area contributed by atoms with Crippen molar-refractivity contribution in [1.82, 2.24) is 9.97 Å². The van der Waals surface area contributed by atoms with Crippen molar-refractivity contribution in [3.05, 3.63) is 17.8 Å². The van der Waals surface area contributed by atoms with Crippen LogP contribution in [0.4, 0.5) is 10.2 Å². The molecule has 0 aliphatic heterocycles. The lowest BCUT2D eigenvalue weighted by Crippen LogP contribution is -2.44. The average Bonchev–Trinajstić information content (AvgIpc) is 2.75. The van der Waals surface area contributed by atoms with Crippen LogP contribution in [-0.4, -0.2) is 26.6 Å². The van der Waals surface area contributed by atoms with Crippen molar-refractivity contribution in [2.45, 2.75) is 38.1 Å². The van der Waals surface area contributed by atoms with Gasteiger partial charge in [-0.1, -0.05) is 12.8 Å². The number of nitrogens with zero attached hydrogens (tertiary/aromatic N) is 2. The summed E-state index contributed by atoms with van der Waals surface area (Å²) in [7, 11) is 0. The van der Waals surface area contributed by atoms with E-state index >= 15 is 0 Å². The number of carboxylic acids is 1. The molecule has 0 bridgehead atoms. The highest BCUT2D eigenvalue weighted by Gasteiger charge is 2.42. The molecule has 5 nitrogen and oxygen atoms in total. The lowest BCUT2D eigenvalue weighted by Gasteiger charge is -2.26. The van der Waals surface area contributed by atoms with Gasteiger partial charge in [-0.05, 0) is 19.8 Å². The Bertz CT molecular complexity index is 444. The lowest BCUT2D eigenvalue weighted by molar-refractivity contribution is -0.142. The predicted molar refractivity (Wildman–Crippen MR) is 59.2 cm³/mol. The largest absolute Gasteiger partial charge is 0.480 e. The first kappa shape index (κ1) is 11.8. The molecule has 0 spiro atoms. The van der Waals surface area contributed by atoms with E-state index in [1.807, 2.05) is 0 Å². The minimum absolute atomic E-state index is 0.0261. The standard InChI is InChI=1S/C11H14FN3O2/c1-7-8(12)9(14-6-13-7)15-11(10(16)17)4-2-3-5-11/h6H,2-5H2,1H3,(H,16,17)(H,13,14,15). The Kier molecular flexibility index (Phi) is 2.95. The van der Waals surface area contributed by atoms with Gasteiger partial charge in [0.25, 0.3) is 0 Å². The van der Waals surface area contributed by atoms with E-state index in [4.69, 9.17) is 0 Å². The number of carboxylic acid groups (broad SMARTS) is 1. The van der Waals surface area contributed by atoms with Gasteiger partial charge in [0.1, 0.15) is 11.9 Å². The Balaban J connectivity index is 2.30. The van der Waals surface area contributed by atoms with Crippen molar-refractivity contribution in [2.75, 3.05) is 5.32 Å². The van der Waals surface area contributed by atoms with Gasteiger partial charge in [0.05, 0.1) is 5.69 Å². The van der Waals surface area contributed by atoms with Crippen LogP contribution in [0.15, 0.2) is 6.33 Å². The zero-order valence-corrected chi connectivity index (χ0v) is 9.53. The Labute approximate surface area is 98.1 Å². The van der Waals surface area contributed by atoms with Crippen molar-refractivity contribution in [3.63, 3.8) is 0 Å². The molecule has 0 amide bonds. The van der Waals surface area contributed by atoms with Crippen LogP contribution in [0, 0.1) is 12.7 Å². The Morgan fingerprint density at radius 3 is 2.71 bits per heavy atom. The summed E-state index contributed by atoms with van der Waals surface area (Å²) in [6, 6.07) is 0.